The van der Waals surface area contributed by atoms with Crippen molar-refractivity contribution in [1.29, 1.82) is 0 Å². The van der Waals surface area contributed by atoms with Crippen molar-refractivity contribution in [2.45, 2.75) is 13.1 Å². The van der Waals surface area contributed by atoms with Gasteiger partial charge in [-0.25, -0.2) is 0 Å². The molecule has 5 nitrogen and oxygen atoms in total. The van der Waals surface area contributed by atoms with Crippen LogP contribution in [0.3, 0.4) is 0 Å². The van der Waals surface area contributed by atoms with Gasteiger partial charge in [-0.1, -0.05) is 43.8 Å². The third kappa shape index (κ3) is 4.47. The molecule has 1 N–H and O–H groups in total. The van der Waals surface area contributed by atoms with E-state index in [9.17, 15) is 4.79 Å². The molecule has 3 aromatic rings. The number of halogens is 2. The summed E-state index contributed by atoms with van der Waals surface area (Å²) in [5.41, 5.74) is 2.78. The van der Waals surface area contributed by atoms with Gasteiger partial charge >= 0.3 is 0 Å². The normalized spacial score (nSPS) is 14.9. The van der Waals surface area contributed by atoms with Crippen LogP contribution in [0.4, 0.5) is 11.4 Å². The molecule has 1 aliphatic rings. The first kappa shape index (κ1) is 22.3. The molecule has 4 rings (SSSR count). The number of hydrogen-bond donors (Lipinski definition) is 1. The first-order valence-corrected chi connectivity index (χ1v) is 11.6. The fourth-order valence-corrected chi connectivity index (χ4v) is 4.37. The first-order chi connectivity index (χ1) is 15.5. The Kier molecular flexibility index (Phi) is 6.73. The molecule has 1 heterocycles. The first-order valence-electron chi connectivity index (χ1n) is 10.00. The van der Waals surface area contributed by atoms with Gasteiger partial charge in [0.2, 0.25) is 0 Å². The van der Waals surface area contributed by atoms with Crippen LogP contribution in [0.2, 0.25) is 0 Å². The summed E-state index contributed by atoms with van der Waals surface area (Å²) in [5.74, 6) is 3.65. The van der Waals surface area contributed by atoms with E-state index >= 15 is 0 Å². The molecule has 1 amide bonds. The molecule has 0 fully saturated rings. The third-order valence-electron chi connectivity index (χ3n) is 4.97. The highest BCUT2D eigenvalue weighted by atomic mass is 79.9. The highest BCUT2D eigenvalue weighted by molar-refractivity contribution is 9.10. The number of terminal acetylenes is 1. The Bertz CT molecular complexity index is 1210. The van der Waals surface area contributed by atoms with Gasteiger partial charge in [0.1, 0.15) is 24.3 Å². The summed E-state index contributed by atoms with van der Waals surface area (Å²) >= 11 is 7.01. The molecule has 0 saturated heterocycles. The molecule has 162 valence electrons. The lowest BCUT2D eigenvalue weighted by molar-refractivity contribution is 0.0974. The summed E-state index contributed by atoms with van der Waals surface area (Å²) in [5, 5.41) is 3.51. The van der Waals surface area contributed by atoms with E-state index < -0.39 is 6.17 Å². The van der Waals surface area contributed by atoms with Crippen LogP contribution in [0.25, 0.3) is 0 Å². The SMILES string of the molecule is C#CCOc1ccc(Br)cc1[C@@H]1Nc2ccc(Br)cc2C(=O)N1c1cccc(OCC)c1. The van der Waals surface area contributed by atoms with Crippen molar-refractivity contribution in [3.8, 4) is 23.8 Å². The van der Waals surface area contributed by atoms with E-state index in [1.807, 2.05) is 67.6 Å². The van der Waals surface area contributed by atoms with Gasteiger partial charge in [0.25, 0.3) is 5.91 Å². The quantitative estimate of drug-likeness (QED) is 0.358. The minimum absolute atomic E-state index is 0.124. The van der Waals surface area contributed by atoms with Gasteiger partial charge in [-0.15, -0.1) is 6.42 Å². The van der Waals surface area contributed by atoms with Crippen LogP contribution in [0, 0.1) is 12.3 Å². The molecule has 0 aliphatic carbocycles. The van der Waals surface area contributed by atoms with E-state index in [4.69, 9.17) is 15.9 Å². The van der Waals surface area contributed by atoms with E-state index in [1.165, 1.54) is 0 Å². The lowest BCUT2D eigenvalue weighted by atomic mass is 10.0. The molecule has 32 heavy (non-hydrogen) atoms. The Morgan fingerprint density at radius 2 is 1.84 bits per heavy atom. The molecule has 0 aromatic heterocycles. The van der Waals surface area contributed by atoms with Crippen molar-refractivity contribution < 1.29 is 14.3 Å². The van der Waals surface area contributed by atoms with Gasteiger partial charge in [-0.2, -0.15) is 0 Å². The summed E-state index contributed by atoms with van der Waals surface area (Å²) in [6.45, 7) is 2.58. The number of carbonyl (C=O) groups excluding carboxylic acids is 1. The number of ether oxygens (including phenoxy) is 2. The molecule has 1 atom stereocenters. The highest BCUT2D eigenvalue weighted by Crippen LogP contribution is 2.41. The number of benzene rings is 3. The number of fused-ring (bicyclic) bond motifs is 1. The van der Waals surface area contributed by atoms with Gasteiger partial charge in [0.05, 0.1) is 17.9 Å². The molecule has 0 bridgehead atoms. The van der Waals surface area contributed by atoms with Crippen molar-refractivity contribution in [3.05, 3.63) is 80.7 Å². The summed E-state index contributed by atoms with van der Waals surface area (Å²) in [7, 11) is 0. The maximum absolute atomic E-state index is 13.8. The Balaban J connectivity index is 1.88. The van der Waals surface area contributed by atoms with Crippen molar-refractivity contribution >= 4 is 49.1 Å². The van der Waals surface area contributed by atoms with Crippen molar-refractivity contribution in [3.63, 3.8) is 0 Å². The topological polar surface area (TPSA) is 50.8 Å². The molecular weight excluding hydrogens is 536 g/mol. The third-order valence-corrected chi connectivity index (χ3v) is 5.95. The standard InChI is InChI=1S/C25H20Br2N2O3/c1-3-12-32-23-11-9-17(27)14-21(23)24-28-22-10-8-16(26)13-20(22)25(30)29(24)18-6-5-7-19(15-18)31-4-2/h1,5-11,13-15,24,28H,4,12H2,2H3/t24-/m1/s1. The zero-order valence-corrected chi connectivity index (χ0v) is 20.4. The Labute approximate surface area is 204 Å². The predicted octanol–water partition coefficient (Wildman–Crippen LogP) is 6.39. The van der Waals surface area contributed by atoms with E-state index in [0.29, 0.717) is 29.4 Å². The van der Waals surface area contributed by atoms with Gasteiger partial charge in [-0.3, -0.25) is 9.69 Å². The lowest BCUT2D eigenvalue weighted by Gasteiger charge is -2.39. The van der Waals surface area contributed by atoms with Crippen LogP contribution >= 0.6 is 31.9 Å². The monoisotopic (exact) mass is 554 g/mol. The molecule has 0 radical (unpaired) electrons. The maximum Gasteiger partial charge on any atom is 0.262 e. The maximum atomic E-state index is 13.8. The molecule has 0 unspecified atom stereocenters. The fourth-order valence-electron chi connectivity index (χ4n) is 3.63. The number of anilines is 2. The van der Waals surface area contributed by atoms with Gasteiger partial charge in [0.15, 0.2) is 0 Å². The number of rotatable bonds is 6. The van der Waals surface area contributed by atoms with Crippen molar-refractivity contribution in [1.82, 2.24) is 0 Å². The van der Waals surface area contributed by atoms with E-state index in [2.05, 4.69) is 43.1 Å². The second-order valence-electron chi connectivity index (χ2n) is 7.02. The minimum Gasteiger partial charge on any atom is -0.494 e. The second-order valence-corrected chi connectivity index (χ2v) is 8.85. The summed E-state index contributed by atoms with van der Waals surface area (Å²) in [6, 6.07) is 18.7. The van der Waals surface area contributed by atoms with Crippen LogP contribution in [-0.4, -0.2) is 19.1 Å². The summed E-state index contributed by atoms with van der Waals surface area (Å²) in [4.78, 5) is 15.5. The molecule has 3 aromatic carbocycles. The zero-order chi connectivity index (χ0) is 22.7. The number of hydrogen-bond acceptors (Lipinski definition) is 4. The Morgan fingerprint density at radius 1 is 1.06 bits per heavy atom. The molecule has 0 saturated carbocycles. The molecule has 1 aliphatic heterocycles. The smallest absolute Gasteiger partial charge is 0.262 e. The second kappa shape index (κ2) is 9.68. The van der Waals surface area contributed by atoms with Crippen molar-refractivity contribution in [2.75, 3.05) is 23.4 Å². The van der Waals surface area contributed by atoms with Crippen molar-refractivity contribution in [2.24, 2.45) is 0 Å². The number of carbonyl (C=O) groups is 1. The van der Waals surface area contributed by atoms with Gasteiger partial charge in [0, 0.05) is 26.3 Å². The van der Waals surface area contributed by atoms with Gasteiger partial charge < -0.3 is 14.8 Å². The largest absolute Gasteiger partial charge is 0.494 e. The summed E-state index contributed by atoms with van der Waals surface area (Å²) < 4.78 is 13.2. The van der Waals surface area contributed by atoms with E-state index in [0.717, 1.165) is 20.2 Å². The fraction of sp³-hybridized carbons (Fsp3) is 0.160. The Hall–Kier alpha value is -2.95. The van der Waals surface area contributed by atoms with Crippen LogP contribution in [0.5, 0.6) is 11.5 Å². The van der Waals surface area contributed by atoms with Crippen LogP contribution < -0.4 is 19.7 Å². The molecule has 7 heteroatoms. The minimum atomic E-state index is -0.529. The number of amides is 1. The lowest BCUT2D eigenvalue weighted by Crippen LogP contribution is -2.43. The summed E-state index contributed by atoms with van der Waals surface area (Å²) in [6.07, 6.45) is 4.89. The average Bonchev–Trinajstić information content (AvgIpc) is 2.79. The average molecular weight is 556 g/mol. The molecular formula is C25H20Br2N2O3. The van der Waals surface area contributed by atoms with Crippen LogP contribution in [0.1, 0.15) is 29.0 Å². The van der Waals surface area contributed by atoms with E-state index in [-0.39, 0.29) is 12.5 Å². The van der Waals surface area contributed by atoms with Crippen LogP contribution in [0.15, 0.2) is 69.6 Å². The number of nitrogens with one attached hydrogen (secondary N) is 1. The molecule has 0 spiro atoms. The zero-order valence-electron chi connectivity index (χ0n) is 17.3. The number of nitrogens with zero attached hydrogens (tertiary/aromatic N) is 1. The van der Waals surface area contributed by atoms with Gasteiger partial charge in [-0.05, 0) is 55.5 Å². The predicted molar refractivity (Wildman–Crippen MR) is 133 cm³/mol. The Morgan fingerprint density at radius 3 is 2.62 bits per heavy atom. The highest BCUT2D eigenvalue weighted by Gasteiger charge is 2.36. The van der Waals surface area contributed by atoms with E-state index in [1.54, 1.807) is 4.90 Å². The van der Waals surface area contributed by atoms with Crippen LogP contribution in [-0.2, 0) is 0 Å².